The zero-order valence-electron chi connectivity index (χ0n) is 11.7. The van der Waals surface area contributed by atoms with E-state index < -0.39 is 11.5 Å². The van der Waals surface area contributed by atoms with E-state index in [1.165, 1.54) is 0 Å². The van der Waals surface area contributed by atoms with Crippen molar-refractivity contribution < 1.29 is 14.7 Å². The second-order valence-electron chi connectivity index (χ2n) is 5.69. The van der Waals surface area contributed by atoms with Gasteiger partial charge in [0.2, 0.25) is 5.91 Å². The Balaban J connectivity index is 1.76. The number of hydrogen-bond acceptors (Lipinski definition) is 3. The summed E-state index contributed by atoms with van der Waals surface area (Å²) in [7, 11) is 0. The lowest BCUT2D eigenvalue weighted by Crippen LogP contribution is -2.54. The number of carboxylic acids is 1. The topological polar surface area (TPSA) is 84.2 Å². The molecule has 1 atom stereocenters. The van der Waals surface area contributed by atoms with E-state index in [0.29, 0.717) is 0 Å². The van der Waals surface area contributed by atoms with Crippen molar-refractivity contribution in [1.29, 1.82) is 0 Å². The Morgan fingerprint density at radius 1 is 1.43 bits per heavy atom. The first-order valence-corrected chi connectivity index (χ1v) is 6.95. The van der Waals surface area contributed by atoms with Gasteiger partial charge in [-0.15, -0.1) is 0 Å². The van der Waals surface area contributed by atoms with Crippen molar-refractivity contribution in [1.82, 2.24) is 14.9 Å². The Hall–Kier alpha value is -2.37. The number of benzene rings is 1. The molecule has 0 spiro atoms. The van der Waals surface area contributed by atoms with Gasteiger partial charge in [-0.2, -0.15) is 0 Å². The standard InChI is InChI=1S/C15H17N3O3/c1-15(14(20)21,10-6-7-10)17-13(19)8-18-9-16-11-4-2-3-5-12(11)18/h2-5,9-10H,6-8H2,1H3,(H,17,19)(H,20,21). The smallest absolute Gasteiger partial charge is 0.329 e. The molecule has 1 unspecified atom stereocenters. The highest BCUT2D eigenvalue weighted by molar-refractivity contribution is 5.88. The van der Waals surface area contributed by atoms with Crippen molar-refractivity contribution in [2.24, 2.45) is 5.92 Å². The van der Waals surface area contributed by atoms with E-state index in [1.807, 2.05) is 24.3 Å². The molecule has 21 heavy (non-hydrogen) atoms. The normalized spacial score (nSPS) is 17.4. The SMILES string of the molecule is CC(NC(=O)Cn1cnc2ccccc21)(C(=O)O)C1CC1. The number of carbonyl (C=O) groups is 2. The zero-order valence-corrected chi connectivity index (χ0v) is 11.7. The number of para-hydroxylation sites is 2. The van der Waals surface area contributed by atoms with Gasteiger partial charge in [-0.1, -0.05) is 12.1 Å². The van der Waals surface area contributed by atoms with Gasteiger partial charge < -0.3 is 15.0 Å². The van der Waals surface area contributed by atoms with Gasteiger partial charge in [0.1, 0.15) is 12.1 Å². The predicted molar refractivity (Wildman–Crippen MR) is 76.6 cm³/mol. The number of aliphatic carboxylic acids is 1. The molecule has 0 bridgehead atoms. The lowest BCUT2D eigenvalue weighted by Gasteiger charge is -2.26. The molecule has 1 aliphatic rings. The van der Waals surface area contributed by atoms with Crippen molar-refractivity contribution in [3.63, 3.8) is 0 Å². The van der Waals surface area contributed by atoms with Crippen LogP contribution in [0, 0.1) is 5.92 Å². The maximum Gasteiger partial charge on any atom is 0.329 e. The molecular formula is C15H17N3O3. The molecule has 3 rings (SSSR count). The highest BCUT2D eigenvalue weighted by Crippen LogP contribution is 2.39. The van der Waals surface area contributed by atoms with Crippen molar-refractivity contribution in [3.8, 4) is 0 Å². The highest BCUT2D eigenvalue weighted by atomic mass is 16.4. The molecule has 1 aromatic heterocycles. The Kier molecular flexibility index (Phi) is 3.16. The molecule has 110 valence electrons. The van der Waals surface area contributed by atoms with Crippen LogP contribution in [0.4, 0.5) is 0 Å². The molecule has 6 heteroatoms. The molecule has 2 aromatic rings. The summed E-state index contributed by atoms with van der Waals surface area (Å²) in [6.45, 7) is 1.65. The fraction of sp³-hybridized carbons (Fsp3) is 0.400. The van der Waals surface area contributed by atoms with Crippen molar-refractivity contribution in [3.05, 3.63) is 30.6 Å². The molecule has 1 aromatic carbocycles. The number of carbonyl (C=O) groups excluding carboxylic acids is 1. The summed E-state index contributed by atoms with van der Waals surface area (Å²) >= 11 is 0. The van der Waals surface area contributed by atoms with Crippen LogP contribution in [0.2, 0.25) is 0 Å². The Bertz CT molecular complexity index is 705. The number of nitrogens with one attached hydrogen (secondary N) is 1. The van der Waals surface area contributed by atoms with Crippen LogP contribution in [-0.4, -0.2) is 32.1 Å². The molecule has 1 fully saturated rings. The van der Waals surface area contributed by atoms with Gasteiger partial charge in [0.25, 0.3) is 0 Å². The molecule has 1 saturated carbocycles. The number of aromatic nitrogens is 2. The summed E-state index contributed by atoms with van der Waals surface area (Å²) in [5, 5.41) is 12.0. The Labute approximate surface area is 121 Å². The van der Waals surface area contributed by atoms with Crippen LogP contribution in [0.15, 0.2) is 30.6 Å². The van der Waals surface area contributed by atoms with Gasteiger partial charge in [-0.05, 0) is 37.8 Å². The fourth-order valence-corrected chi connectivity index (χ4v) is 2.61. The van der Waals surface area contributed by atoms with Crippen LogP contribution in [0.1, 0.15) is 19.8 Å². The van der Waals surface area contributed by atoms with Gasteiger partial charge in [0.05, 0.1) is 17.4 Å². The molecule has 6 nitrogen and oxygen atoms in total. The number of fused-ring (bicyclic) bond motifs is 1. The summed E-state index contributed by atoms with van der Waals surface area (Å²) in [5.41, 5.74) is 0.498. The average molecular weight is 287 g/mol. The van der Waals surface area contributed by atoms with E-state index in [-0.39, 0.29) is 18.4 Å². The summed E-state index contributed by atoms with van der Waals surface area (Å²) in [5.74, 6) is -1.26. The second-order valence-corrected chi connectivity index (χ2v) is 5.69. The van der Waals surface area contributed by atoms with Gasteiger partial charge in [-0.25, -0.2) is 9.78 Å². The maximum absolute atomic E-state index is 12.2. The lowest BCUT2D eigenvalue weighted by atomic mass is 9.96. The van der Waals surface area contributed by atoms with Crippen molar-refractivity contribution in [2.75, 3.05) is 0 Å². The van der Waals surface area contributed by atoms with E-state index in [4.69, 9.17) is 0 Å². The lowest BCUT2D eigenvalue weighted by molar-refractivity contribution is -0.148. The summed E-state index contributed by atoms with van der Waals surface area (Å²) in [6, 6.07) is 7.51. The van der Waals surface area contributed by atoms with Gasteiger partial charge >= 0.3 is 5.97 Å². The maximum atomic E-state index is 12.2. The summed E-state index contributed by atoms with van der Waals surface area (Å²) < 4.78 is 1.72. The quantitative estimate of drug-likeness (QED) is 0.870. The van der Waals surface area contributed by atoms with Gasteiger partial charge in [0, 0.05) is 0 Å². The van der Waals surface area contributed by atoms with Gasteiger partial charge in [-0.3, -0.25) is 4.79 Å². The van der Waals surface area contributed by atoms with Crippen LogP contribution in [0.25, 0.3) is 11.0 Å². The third-order valence-corrected chi connectivity index (χ3v) is 4.08. The summed E-state index contributed by atoms with van der Waals surface area (Å²) in [4.78, 5) is 27.8. The summed E-state index contributed by atoms with van der Waals surface area (Å²) in [6.07, 6.45) is 3.29. The fourth-order valence-electron chi connectivity index (χ4n) is 2.61. The molecule has 1 heterocycles. The molecule has 2 N–H and O–H groups in total. The van der Waals surface area contributed by atoms with Crippen LogP contribution in [0.3, 0.4) is 0 Å². The molecular weight excluding hydrogens is 270 g/mol. The highest BCUT2D eigenvalue weighted by Gasteiger charge is 2.48. The average Bonchev–Trinajstić information content (AvgIpc) is 3.23. The first-order chi connectivity index (χ1) is 10.0. The molecule has 0 radical (unpaired) electrons. The molecule has 0 aliphatic heterocycles. The first-order valence-electron chi connectivity index (χ1n) is 6.95. The second kappa shape index (κ2) is 4.87. The number of rotatable bonds is 5. The van der Waals surface area contributed by atoms with Crippen LogP contribution in [-0.2, 0) is 16.1 Å². The predicted octanol–water partition coefficient (Wildman–Crippen LogP) is 1.41. The van der Waals surface area contributed by atoms with Gasteiger partial charge in [0.15, 0.2) is 0 Å². The molecule has 0 saturated heterocycles. The monoisotopic (exact) mass is 287 g/mol. The number of imidazole rings is 1. The first kappa shape index (κ1) is 13.6. The number of hydrogen-bond donors (Lipinski definition) is 2. The van der Waals surface area contributed by atoms with Crippen molar-refractivity contribution in [2.45, 2.75) is 31.8 Å². The largest absolute Gasteiger partial charge is 0.480 e. The number of carboxylic acid groups (broad SMARTS) is 1. The van der Waals surface area contributed by atoms with Crippen LogP contribution in [0.5, 0.6) is 0 Å². The zero-order chi connectivity index (χ0) is 15.0. The molecule has 1 aliphatic carbocycles. The van der Waals surface area contributed by atoms with Crippen LogP contribution >= 0.6 is 0 Å². The minimum absolute atomic E-state index is 0.0264. The van der Waals surface area contributed by atoms with E-state index in [9.17, 15) is 14.7 Å². The third-order valence-electron chi connectivity index (χ3n) is 4.08. The van der Waals surface area contributed by atoms with E-state index in [2.05, 4.69) is 10.3 Å². The Morgan fingerprint density at radius 2 is 2.14 bits per heavy atom. The number of nitrogens with zero attached hydrogens (tertiary/aromatic N) is 2. The van der Waals surface area contributed by atoms with Crippen LogP contribution < -0.4 is 5.32 Å². The van der Waals surface area contributed by atoms with E-state index in [0.717, 1.165) is 23.9 Å². The third kappa shape index (κ3) is 2.49. The molecule has 1 amide bonds. The number of amides is 1. The van der Waals surface area contributed by atoms with E-state index >= 15 is 0 Å². The van der Waals surface area contributed by atoms with Crippen molar-refractivity contribution >= 4 is 22.9 Å². The Morgan fingerprint density at radius 3 is 2.81 bits per heavy atom. The van der Waals surface area contributed by atoms with E-state index in [1.54, 1.807) is 17.8 Å². The minimum atomic E-state index is -1.17. The minimum Gasteiger partial charge on any atom is -0.480 e.